The molecule has 269 valence electrons. The summed E-state index contributed by atoms with van der Waals surface area (Å²) in [5.74, 6) is 0.361. The number of carbonyl (C=O) groups excluding carboxylic acids is 2. The van der Waals surface area contributed by atoms with Gasteiger partial charge in [-0.25, -0.2) is 0 Å². The molecule has 0 spiro atoms. The largest absolute Gasteiger partial charge is 2.00 e. The SMILES string of the molecule is CC(=O)[O-].CC(=O)[O-].CC(C)Cc1cc(C=Nc2ccccc2N=Cc2cc(CC(C)C)cc(CC(C)C)c2O)c(O)c(CC(C)C)c1.[Co+2]. The van der Waals surface area contributed by atoms with E-state index in [1.807, 2.05) is 36.4 Å². The Hall–Kier alpha value is -3.95. The number of aromatic hydroxyl groups is 2. The van der Waals surface area contributed by atoms with Crippen LogP contribution in [0.5, 0.6) is 11.5 Å². The summed E-state index contributed by atoms with van der Waals surface area (Å²) in [4.78, 5) is 27.3. The molecule has 0 unspecified atom stereocenters. The van der Waals surface area contributed by atoms with E-state index < -0.39 is 11.9 Å². The summed E-state index contributed by atoms with van der Waals surface area (Å²) in [6.45, 7) is 19.4. The van der Waals surface area contributed by atoms with Gasteiger partial charge in [0.2, 0.25) is 0 Å². The molecule has 0 fully saturated rings. The summed E-state index contributed by atoms with van der Waals surface area (Å²) in [6.07, 6.45) is 7.03. The molecule has 3 aromatic carbocycles. The van der Waals surface area contributed by atoms with E-state index in [1.54, 1.807) is 12.4 Å². The third-order valence-electron chi connectivity index (χ3n) is 6.67. The maximum atomic E-state index is 11.1. The number of aliphatic imine (C=N–C) groups is 2. The summed E-state index contributed by atoms with van der Waals surface area (Å²) in [5.41, 5.74) is 7.23. The number of benzene rings is 3. The molecule has 0 bridgehead atoms. The van der Waals surface area contributed by atoms with Gasteiger partial charge in [0.1, 0.15) is 11.5 Å². The molecule has 3 rings (SSSR count). The molecular weight excluding hydrogens is 663 g/mol. The fourth-order valence-electron chi connectivity index (χ4n) is 5.10. The first kappa shape index (κ1) is 45.0. The van der Waals surface area contributed by atoms with Gasteiger partial charge in [-0.3, -0.25) is 9.98 Å². The van der Waals surface area contributed by atoms with E-state index in [-0.39, 0.29) is 16.8 Å². The quantitative estimate of drug-likeness (QED) is 0.195. The van der Waals surface area contributed by atoms with Crippen molar-refractivity contribution in [1.29, 1.82) is 0 Å². The predicted molar refractivity (Wildman–Crippen MR) is 193 cm³/mol. The zero-order valence-corrected chi connectivity index (χ0v) is 31.7. The van der Waals surface area contributed by atoms with Crippen LogP contribution in [0.2, 0.25) is 0 Å². The van der Waals surface area contributed by atoms with Crippen molar-refractivity contribution in [2.45, 2.75) is 94.9 Å². The predicted octanol–water partition coefficient (Wildman–Crippen LogP) is 6.90. The van der Waals surface area contributed by atoms with Gasteiger partial charge in [-0.15, -0.1) is 0 Å². The Morgan fingerprint density at radius 1 is 0.612 bits per heavy atom. The van der Waals surface area contributed by atoms with Crippen LogP contribution in [0.4, 0.5) is 11.4 Å². The first-order valence-corrected chi connectivity index (χ1v) is 16.6. The van der Waals surface area contributed by atoms with Crippen molar-refractivity contribution in [1.82, 2.24) is 0 Å². The maximum Gasteiger partial charge on any atom is 2.00 e. The van der Waals surface area contributed by atoms with Gasteiger partial charge in [0.25, 0.3) is 0 Å². The van der Waals surface area contributed by atoms with Crippen molar-refractivity contribution in [2.75, 3.05) is 0 Å². The Bertz CT molecular complexity index is 1420. The van der Waals surface area contributed by atoms with Crippen LogP contribution in [-0.4, -0.2) is 34.6 Å². The number of phenolic OH excluding ortho intramolecular Hbond substituents is 2. The second kappa shape index (κ2) is 22.6. The first-order chi connectivity index (χ1) is 22.4. The minimum atomic E-state index is -1.08. The smallest absolute Gasteiger partial charge is 0.550 e. The Morgan fingerprint density at radius 2 is 0.898 bits per heavy atom. The Morgan fingerprint density at radius 3 is 1.16 bits per heavy atom. The van der Waals surface area contributed by atoms with Crippen molar-refractivity contribution in [2.24, 2.45) is 33.7 Å². The molecule has 9 heteroatoms. The van der Waals surface area contributed by atoms with Crippen molar-refractivity contribution >= 4 is 35.7 Å². The number of carboxylic acid groups (broad SMARTS) is 2. The molecule has 8 nitrogen and oxygen atoms in total. The van der Waals surface area contributed by atoms with Crippen LogP contribution in [0.1, 0.15) is 103 Å². The van der Waals surface area contributed by atoms with E-state index in [1.165, 1.54) is 11.1 Å². The van der Waals surface area contributed by atoms with Crippen LogP contribution < -0.4 is 10.2 Å². The molecule has 0 aliphatic heterocycles. The van der Waals surface area contributed by atoms with Crippen LogP contribution in [0, 0.1) is 23.7 Å². The summed E-state index contributed by atoms with van der Waals surface area (Å²) in [5, 5.41) is 39.9. The first-order valence-electron chi connectivity index (χ1n) is 16.6. The number of carboxylic acids is 2. The monoisotopic (exact) mass is 717 g/mol. The van der Waals surface area contributed by atoms with E-state index in [2.05, 4.69) is 67.5 Å². The van der Waals surface area contributed by atoms with E-state index >= 15 is 0 Å². The van der Waals surface area contributed by atoms with Crippen LogP contribution in [0.3, 0.4) is 0 Å². The van der Waals surface area contributed by atoms with Crippen molar-refractivity contribution in [3.05, 3.63) is 81.9 Å². The molecule has 2 N–H and O–H groups in total. The fraction of sp³-hybridized carbons (Fsp3) is 0.450. The van der Waals surface area contributed by atoms with Gasteiger partial charge in [-0.05, 0) is 110 Å². The van der Waals surface area contributed by atoms with Gasteiger partial charge < -0.3 is 30.0 Å². The number of phenols is 2. The van der Waals surface area contributed by atoms with Crippen LogP contribution in [-0.2, 0) is 52.1 Å². The van der Waals surface area contributed by atoms with E-state index in [0.717, 1.165) is 61.8 Å². The third-order valence-corrected chi connectivity index (χ3v) is 6.67. The van der Waals surface area contributed by atoms with Gasteiger partial charge in [0.05, 0.1) is 11.4 Å². The number of para-hydroxylation sites is 2. The van der Waals surface area contributed by atoms with Crippen molar-refractivity contribution in [3.63, 3.8) is 0 Å². The molecular formula is C40H54CoN2O6. The fourth-order valence-corrected chi connectivity index (χ4v) is 5.10. The number of nitrogens with zero attached hydrogens (tertiary/aromatic N) is 2. The van der Waals surface area contributed by atoms with E-state index in [9.17, 15) is 10.2 Å². The molecule has 49 heavy (non-hydrogen) atoms. The Balaban J connectivity index is 0.00000230. The van der Waals surface area contributed by atoms with Crippen LogP contribution in [0.25, 0.3) is 0 Å². The third kappa shape index (κ3) is 18.4. The Labute approximate surface area is 303 Å². The normalized spacial score (nSPS) is 11.1. The minimum Gasteiger partial charge on any atom is -0.550 e. The second-order valence-corrected chi connectivity index (χ2v) is 13.8. The topological polar surface area (TPSA) is 145 Å². The summed E-state index contributed by atoms with van der Waals surface area (Å²) in [6, 6.07) is 16.1. The molecule has 0 saturated carbocycles. The number of hydrogen-bond donors (Lipinski definition) is 2. The number of carbonyl (C=O) groups is 2. The molecule has 0 aromatic heterocycles. The van der Waals surface area contributed by atoms with Gasteiger partial charge in [0, 0.05) is 35.5 Å². The van der Waals surface area contributed by atoms with Gasteiger partial charge in [-0.2, -0.15) is 0 Å². The molecule has 0 atom stereocenters. The second-order valence-electron chi connectivity index (χ2n) is 13.8. The number of rotatable bonds is 12. The Kier molecular flexibility index (Phi) is 20.8. The molecule has 3 aromatic rings. The standard InChI is InChI=1S/C36H48N2O2.2C2H4O2.Co/c1-23(2)13-27-17-29(15-25(5)6)35(39)31(19-27)21-37-33-11-9-10-12-34(33)38-22-32-20-28(14-24(3)4)18-30(36(32)40)16-26(7)8;2*1-2(3)4;/h9-12,17-26,39-40H,13-16H2,1-8H3;2*1H3,(H,3,4);/q;;;+2/p-2. The van der Waals surface area contributed by atoms with Crippen LogP contribution >= 0.6 is 0 Å². The molecule has 0 heterocycles. The molecule has 0 aliphatic carbocycles. The minimum absolute atomic E-state index is 0. The van der Waals surface area contributed by atoms with Gasteiger partial charge in [-0.1, -0.05) is 79.7 Å². The van der Waals surface area contributed by atoms with Crippen LogP contribution in [0.15, 0.2) is 58.5 Å². The summed E-state index contributed by atoms with van der Waals surface area (Å²) >= 11 is 0. The zero-order chi connectivity index (χ0) is 36.6. The van der Waals surface area contributed by atoms with Crippen molar-refractivity contribution < 1.29 is 46.8 Å². The molecule has 0 saturated heterocycles. The number of hydrogen-bond acceptors (Lipinski definition) is 8. The maximum absolute atomic E-state index is 11.1. The molecule has 0 amide bonds. The average Bonchev–Trinajstić information content (AvgIpc) is 2.93. The molecule has 0 aliphatic rings. The average molecular weight is 718 g/mol. The summed E-state index contributed by atoms with van der Waals surface area (Å²) in [7, 11) is 0. The molecule has 1 radical (unpaired) electrons. The number of aliphatic carboxylic acids is 2. The van der Waals surface area contributed by atoms with E-state index in [0.29, 0.717) is 46.5 Å². The van der Waals surface area contributed by atoms with E-state index in [4.69, 9.17) is 29.8 Å². The van der Waals surface area contributed by atoms with Gasteiger partial charge in [0.15, 0.2) is 0 Å². The summed E-state index contributed by atoms with van der Waals surface area (Å²) < 4.78 is 0. The zero-order valence-electron chi connectivity index (χ0n) is 30.7. The van der Waals surface area contributed by atoms with Gasteiger partial charge >= 0.3 is 16.8 Å². The van der Waals surface area contributed by atoms with Crippen molar-refractivity contribution in [3.8, 4) is 11.5 Å².